The van der Waals surface area contributed by atoms with Crippen LogP contribution in [0.15, 0.2) is 0 Å². The second kappa shape index (κ2) is 8.39. The summed E-state index contributed by atoms with van der Waals surface area (Å²) in [5, 5.41) is 3.58. The van der Waals surface area contributed by atoms with Crippen LogP contribution in [0.3, 0.4) is 0 Å². The van der Waals surface area contributed by atoms with E-state index < -0.39 is 0 Å². The summed E-state index contributed by atoms with van der Waals surface area (Å²) < 4.78 is 0. The Labute approximate surface area is 113 Å². The molecule has 0 aromatic rings. The molecule has 0 radical (unpaired) electrons. The molecule has 0 aromatic heterocycles. The molecule has 2 nitrogen and oxygen atoms in total. The first-order valence-electron chi connectivity index (χ1n) is 6.77. The summed E-state index contributed by atoms with van der Waals surface area (Å²) in [6.07, 6.45) is 3.41. The Kier molecular flexibility index (Phi) is 8.52. The summed E-state index contributed by atoms with van der Waals surface area (Å²) in [7, 11) is 2.25. The van der Waals surface area contributed by atoms with Crippen molar-refractivity contribution in [2.45, 2.75) is 53.1 Å². The minimum absolute atomic E-state index is 0.381. The third-order valence-corrected chi connectivity index (χ3v) is 4.40. The fourth-order valence-corrected chi connectivity index (χ4v) is 2.61. The molecule has 0 amide bonds. The highest BCUT2D eigenvalue weighted by atomic mass is 32.2. The molecule has 0 rings (SSSR count). The summed E-state index contributed by atoms with van der Waals surface area (Å²) in [5.74, 6) is 1.22. The Morgan fingerprint density at radius 3 is 2.29 bits per heavy atom. The van der Waals surface area contributed by atoms with Crippen LogP contribution in [-0.2, 0) is 0 Å². The lowest BCUT2D eigenvalue weighted by atomic mass is 9.86. The third kappa shape index (κ3) is 7.32. The smallest absolute Gasteiger partial charge is 0.0155 e. The average molecular weight is 260 g/mol. The Hall–Kier alpha value is 0.270. The fourth-order valence-electron chi connectivity index (χ4n) is 1.87. The van der Waals surface area contributed by atoms with Crippen molar-refractivity contribution in [3.63, 3.8) is 0 Å². The van der Waals surface area contributed by atoms with Crippen LogP contribution in [0.1, 0.15) is 41.0 Å². The zero-order valence-electron chi connectivity index (χ0n) is 12.8. The van der Waals surface area contributed by atoms with Crippen LogP contribution in [0.4, 0.5) is 0 Å². The van der Waals surface area contributed by atoms with Gasteiger partial charge in [-0.25, -0.2) is 0 Å². The van der Waals surface area contributed by atoms with Crippen molar-refractivity contribution in [3.8, 4) is 0 Å². The van der Waals surface area contributed by atoms with Crippen LogP contribution in [0.25, 0.3) is 0 Å². The molecular weight excluding hydrogens is 228 g/mol. The van der Waals surface area contributed by atoms with E-state index in [1.807, 2.05) is 11.8 Å². The van der Waals surface area contributed by atoms with Crippen molar-refractivity contribution in [2.75, 3.05) is 32.1 Å². The quantitative estimate of drug-likeness (QED) is 0.686. The topological polar surface area (TPSA) is 15.3 Å². The van der Waals surface area contributed by atoms with Crippen molar-refractivity contribution in [3.05, 3.63) is 0 Å². The fraction of sp³-hybridized carbons (Fsp3) is 1.00. The standard InChI is InChI=1S/C14H32N2S/c1-8-14(5,10-15-12(2)3)11-16(6)13(4)9-17-7/h12-13,15H,8-11H2,1-7H3. The molecular formula is C14H32N2S. The molecule has 2 atom stereocenters. The zero-order chi connectivity index (χ0) is 13.5. The summed E-state index contributed by atoms with van der Waals surface area (Å²) in [5.41, 5.74) is 0.381. The number of hydrogen-bond acceptors (Lipinski definition) is 3. The maximum Gasteiger partial charge on any atom is 0.0155 e. The predicted octanol–water partition coefficient (Wildman–Crippen LogP) is 3.08. The summed E-state index contributed by atoms with van der Waals surface area (Å²) in [6.45, 7) is 13.7. The minimum Gasteiger partial charge on any atom is -0.314 e. The molecule has 0 aliphatic heterocycles. The average Bonchev–Trinajstić information content (AvgIpc) is 2.26. The van der Waals surface area contributed by atoms with E-state index in [2.05, 4.69) is 58.1 Å². The van der Waals surface area contributed by atoms with E-state index in [4.69, 9.17) is 0 Å². The lowest BCUT2D eigenvalue weighted by molar-refractivity contribution is 0.153. The molecule has 3 heteroatoms. The molecule has 0 bridgehead atoms. The SMILES string of the molecule is CCC(C)(CNC(C)C)CN(C)C(C)CSC. The largest absolute Gasteiger partial charge is 0.314 e. The summed E-state index contributed by atoms with van der Waals surface area (Å²) >= 11 is 1.93. The summed E-state index contributed by atoms with van der Waals surface area (Å²) in [6, 6.07) is 1.24. The lowest BCUT2D eigenvalue weighted by Crippen LogP contribution is -2.45. The molecule has 2 unspecified atom stereocenters. The first kappa shape index (κ1) is 17.3. The number of hydrogen-bond donors (Lipinski definition) is 1. The first-order valence-corrected chi connectivity index (χ1v) is 8.16. The van der Waals surface area contributed by atoms with Crippen LogP contribution < -0.4 is 5.32 Å². The molecule has 0 spiro atoms. The molecule has 0 aliphatic rings. The van der Waals surface area contributed by atoms with E-state index >= 15 is 0 Å². The minimum atomic E-state index is 0.381. The number of thioether (sulfide) groups is 1. The molecule has 1 N–H and O–H groups in total. The van der Waals surface area contributed by atoms with Gasteiger partial charge in [0, 0.05) is 30.9 Å². The van der Waals surface area contributed by atoms with Gasteiger partial charge in [0.25, 0.3) is 0 Å². The van der Waals surface area contributed by atoms with Crippen LogP contribution in [0.2, 0.25) is 0 Å². The molecule has 0 aromatic carbocycles. The van der Waals surface area contributed by atoms with Gasteiger partial charge < -0.3 is 10.2 Å². The molecule has 0 heterocycles. The van der Waals surface area contributed by atoms with Gasteiger partial charge >= 0.3 is 0 Å². The van der Waals surface area contributed by atoms with E-state index in [9.17, 15) is 0 Å². The van der Waals surface area contributed by atoms with Crippen molar-refractivity contribution in [1.29, 1.82) is 0 Å². The molecule has 0 saturated carbocycles. The van der Waals surface area contributed by atoms with Crippen molar-refractivity contribution in [1.82, 2.24) is 10.2 Å². The second-order valence-corrected chi connectivity index (χ2v) is 6.83. The predicted molar refractivity (Wildman–Crippen MR) is 82.0 cm³/mol. The van der Waals surface area contributed by atoms with Gasteiger partial charge in [-0.3, -0.25) is 0 Å². The molecule has 0 fully saturated rings. The van der Waals surface area contributed by atoms with Crippen LogP contribution in [0.5, 0.6) is 0 Å². The summed E-state index contributed by atoms with van der Waals surface area (Å²) in [4.78, 5) is 2.50. The number of nitrogens with one attached hydrogen (secondary N) is 1. The van der Waals surface area contributed by atoms with E-state index in [1.165, 1.54) is 18.7 Å². The maximum atomic E-state index is 3.58. The molecule has 104 valence electrons. The van der Waals surface area contributed by atoms with E-state index in [0.29, 0.717) is 17.5 Å². The van der Waals surface area contributed by atoms with Gasteiger partial charge in [-0.1, -0.05) is 27.7 Å². The van der Waals surface area contributed by atoms with Gasteiger partial charge in [0.2, 0.25) is 0 Å². The number of rotatable bonds is 9. The Bertz CT molecular complexity index is 197. The highest BCUT2D eigenvalue weighted by Gasteiger charge is 2.25. The van der Waals surface area contributed by atoms with Gasteiger partial charge in [-0.05, 0) is 32.1 Å². The van der Waals surface area contributed by atoms with Gasteiger partial charge in [0.15, 0.2) is 0 Å². The molecule has 0 aliphatic carbocycles. The highest BCUT2D eigenvalue weighted by molar-refractivity contribution is 7.98. The maximum absolute atomic E-state index is 3.58. The lowest BCUT2D eigenvalue weighted by Gasteiger charge is -2.36. The van der Waals surface area contributed by atoms with E-state index in [1.54, 1.807) is 0 Å². The van der Waals surface area contributed by atoms with E-state index in [0.717, 1.165) is 6.54 Å². The van der Waals surface area contributed by atoms with Gasteiger partial charge in [0.1, 0.15) is 0 Å². The normalized spacial score (nSPS) is 17.5. The van der Waals surface area contributed by atoms with Crippen LogP contribution in [-0.4, -0.2) is 49.1 Å². The third-order valence-electron chi connectivity index (χ3n) is 3.58. The van der Waals surface area contributed by atoms with E-state index in [-0.39, 0.29) is 0 Å². The van der Waals surface area contributed by atoms with Gasteiger partial charge in [-0.15, -0.1) is 0 Å². The van der Waals surface area contributed by atoms with Gasteiger partial charge in [-0.2, -0.15) is 11.8 Å². The molecule has 0 saturated heterocycles. The van der Waals surface area contributed by atoms with Crippen molar-refractivity contribution >= 4 is 11.8 Å². The van der Waals surface area contributed by atoms with Crippen molar-refractivity contribution < 1.29 is 0 Å². The molecule has 17 heavy (non-hydrogen) atoms. The zero-order valence-corrected chi connectivity index (χ0v) is 13.7. The Balaban J connectivity index is 4.25. The monoisotopic (exact) mass is 260 g/mol. The number of nitrogens with zero attached hydrogens (tertiary/aromatic N) is 1. The Morgan fingerprint density at radius 2 is 1.88 bits per heavy atom. The van der Waals surface area contributed by atoms with Crippen LogP contribution in [0, 0.1) is 5.41 Å². The second-order valence-electron chi connectivity index (χ2n) is 5.92. The Morgan fingerprint density at radius 1 is 1.29 bits per heavy atom. The highest BCUT2D eigenvalue weighted by Crippen LogP contribution is 2.22. The van der Waals surface area contributed by atoms with Gasteiger partial charge in [0.05, 0.1) is 0 Å². The van der Waals surface area contributed by atoms with Crippen molar-refractivity contribution in [2.24, 2.45) is 5.41 Å². The van der Waals surface area contributed by atoms with Crippen LogP contribution >= 0.6 is 11.8 Å². The first-order chi connectivity index (χ1) is 7.84.